The first kappa shape index (κ1) is 9.68. The summed E-state index contributed by atoms with van der Waals surface area (Å²) in [5.41, 5.74) is 5.94. The number of alkyl halides is 1. The third-order valence-electron chi connectivity index (χ3n) is 1.63. The summed E-state index contributed by atoms with van der Waals surface area (Å²) in [5, 5.41) is 0. The van der Waals surface area contributed by atoms with Crippen molar-refractivity contribution in [2.24, 2.45) is 5.73 Å². The summed E-state index contributed by atoms with van der Waals surface area (Å²) in [6.07, 6.45) is -0.552. The molecule has 0 fully saturated rings. The fourth-order valence-electron chi connectivity index (χ4n) is 1.01. The lowest BCUT2D eigenvalue weighted by Crippen LogP contribution is -2.03. The number of halogens is 2. The molecule has 66 valence electrons. The molecule has 0 saturated carbocycles. The second-order valence-corrected chi connectivity index (χ2v) is 3.52. The number of rotatable bonds is 3. The van der Waals surface area contributed by atoms with Gasteiger partial charge in [-0.05, 0) is 30.7 Å². The zero-order chi connectivity index (χ0) is 8.97. The quantitative estimate of drug-likeness (QED) is 0.851. The lowest BCUT2D eigenvalue weighted by atomic mass is 10.1. The van der Waals surface area contributed by atoms with Crippen molar-refractivity contribution in [2.75, 3.05) is 6.54 Å². The Morgan fingerprint density at radius 2 is 2.25 bits per heavy atom. The summed E-state index contributed by atoms with van der Waals surface area (Å²) in [5.74, 6) is 0. The number of hydrogen-bond acceptors (Lipinski definition) is 1. The van der Waals surface area contributed by atoms with Crippen LogP contribution in [0, 0.1) is 0 Å². The van der Waals surface area contributed by atoms with Crippen LogP contribution in [0.1, 0.15) is 18.2 Å². The van der Waals surface area contributed by atoms with Crippen LogP contribution in [0.15, 0.2) is 28.7 Å². The van der Waals surface area contributed by atoms with Crippen LogP contribution in [0.3, 0.4) is 0 Å². The van der Waals surface area contributed by atoms with Crippen LogP contribution in [-0.4, -0.2) is 6.54 Å². The summed E-state index contributed by atoms with van der Waals surface area (Å²) in [7, 11) is 0. The van der Waals surface area contributed by atoms with E-state index in [1.807, 2.05) is 12.1 Å². The molecule has 1 aromatic carbocycles. The second kappa shape index (κ2) is 4.58. The molecule has 0 saturated heterocycles. The number of benzene rings is 1. The average Bonchev–Trinajstić information content (AvgIpc) is 2.05. The van der Waals surface area contributed by atoms with Gasteiger partial charge in [-0.15, -0.1) is 0 Å². The topological polar surface area (TPSA) is 26.0 Å². The van der Waals surface area contributed by atoms with Gasteiger partial charge in [-0.2, -0.15) is 0 Å². The molecule has 0 heterocycles. The van der Waals surface area contributed by atoms with E-state index in [0.29, 0.717) is 18.5 Å². The van der Waals surface area contributed by atoms with Crippen molar-refractivity contribution in [2.45, 2.75) is 12.6 Å². The maximum Gasteiger partial charge on any atom is 0.126 e. The Labute approximate surface area is 79.9 Å². The molecule has 0 aliphatic heterocycles. The highest BCUT2D eigenvalue weighted by atomic mass is 79.9. The molecule has 0 aromatic heterocycles. The number of nitrogens with two attached hydrogens (primary N) is 1. The van der Waals surface area contributed by atoms with Gasteiger partial charge in [-0.1, -0.05) is 28.1 Å². The van der Waals surface area contributed by atoms with Gasteiger partial charge in [-0.3, -0.25) is 0 Å². The monoisotopic (exact) mass is 231 g/mol. The normalized spacial score (nSPS) is 12.9. The fourth-order valence-corrected chi connectivity index (χ4v) is 1.43. The Morgan fingerprint density at radius 3 is 2.83 bits per heavy atom. The maximum atomic E-state index is 13.2. The highest BCUT2D eigenvalue weighted by Gasteiger charge is 2.07. The minimum atomic E-state index is -0.938. The first-order valence-electron chi connectivity index (χ1n) is 3.83. The van der Waals surface area contributed by atoms with Gasteiger partial charge in [0.05, 0.1) is 0 Å². The Kier molecular flexibility index (Phi) is 3.69. The SMILES string of the molecule is NCCC(F)c1cccc(Br)c1. The lowest BCUT2D eigenvalue weighted by molar-refractivity contribution is 0.327. The van der Waals surface area contributed by atoms with Crippen molar-refractivity contribution in [3.8, 4) is 0 Å². The summed E-state index contributed by atoms with van der Waals surface area (Å²) < 4.78 is 14.1. The van der Waals surface area contributed by atoms with E-state index in [9.17, 15) is 4.39 Å². The molecule has 0 spiro atoms. The van der Waals surface area contributed by atoms with Crippen LogP contribution >= 0.6 is 15.9 Å². The summed E-state index contributed by atoms with van der Waals surface area (Å²) in [6, 6.07) is 7.24. The Balaban J connectivity index is 2.73. The van der Waals surface area contributed by atoms with Gasteiger partial charge in [0.1, 0.15) is 6.17 Å². The first-order chi connectivity index (χ1) is 5.74. The Morgan fingerprint density at radius 1 is 1.50 bits per heavy atom. The van der Waals surface area contributed by atoms with Gasteiger partial charge in [0.25, 0.3) is 0 Å². The lowest BCUT2D eigenvalue weighted by Gasteiger charge is -2.06. The highest BCUT2D eigenvalue weighted by Crippen LogP contribution is 2.23. The van der Waals surface area contributed by atoms with Crippen LogP contribution in [0.4, 0.5) is 4.39 Å². The third-order valence-corrected chi connectivity index (χ3v) is 2.12. The van der Waals surface area contributed by atoms with Gasteiger partial charge in [-0.25, -0.2) is 4.39 Å². The van der Waals surface area contributed by atoms with Gasteiger partial charge in [0.15, 0.2) is 0 Å². The molecule has 3 heteroatoms. The van der Waals surface area contributed by atoms with Crippen LogP contribution in [-0.2, 0) is 0 Å². The van der Waals surface area contributed by atoms with Crippen LogP contribution in [0.5, 0.6) is 0 Å². The molecule has 0 bridgehead atoms. The van der Waals surface area contributed by atoms with E-state index >= 15 is 0 Å². The van der Waals surface area contributed by atoms with Gasteiger partial charge < -0.3 is 5.73 Å². The highest BCUT2D eigenvalue weighted by molar-refractivity contribution is 9.10. The minimum Gasteiger partial charge on any atom is -0.330 e. The third kappa shape index (κ3) is 2.57. The van der Waals surface area contributed by atoms with Gasteiger partial charge in [0.2, 0.25) is 0 Å². The molecular weight excluding hydrogens is 221 g/mol. The van der Waals surface area contributed by atoms with Crippen molar-refractivity contribution < 1.29 is 4.39 Å². The standard InChI is InChI=1S/C9H11BrFN/c10-8-3-1-2-7(6-8)9(11)4-5-12/h1-3,6,9H,4-5,12H2. The molecule has 1 aromatic rings. The fraction of sp³-hybridized carbons (Fsp3) is 0.333. The smallest absolute Gasteiger partial charge is 0.126 e. The maximum absolute atomic E-state index is 13.2. The molecule has 1 nitrogen and oxygen atoms in total. The predicted octanol–water partition coefficient (Wildman–Crippen LogP) is 2.81. The molecular formula is C9H11BrFN. The largest absolute Gasteiger partial charge is 0.330 e. The van der Waals surface area contributed by atoms with Crippen molar-refractivity contribution in [1.82, 2.24) is 0 Å². The van der Waals surface area contributed by atoms with E-state index in [0.717, 1.165) is 4.47 Å². The van der Waals surface area contributed by atoms with Gasteiger partial charge in [0, 0.05) is 4.47 Å². The van der Waals surface area contributed by atoms with Crippen LogP contribution < -0.4 is 5.73 Å². The van der Waals surface area contributed by atoms with Crippen molar-refractivity contribution in [1.29, 1.82) is 0 Å². The van der Waals surface area contributed by atoms with E-state index in [4.69, 9.17) is 5.73 Å². The molecule has 12 heavy (non-hydrogen) atoms. The number of hydrogen-bond donors (Lipinski definition) is 1. The van der Waals surface area contributed by atoms with Gasteiger partial charge >= 0.3 is 0 Å². The molecule has 0 radical (unpaired) electrons. The predicted molar refractivity (Wildman–Crippen MR) is 51.7 cm³/mol. The zero-order valence-corrected chi connectivity index (χ0v) is 8.22. The van der Waals surface area contributed by atoms with E-state index in [2.05, 4.69) is 15.9 Å². The van der Waals surface area contributed by atoms with Crippen molar-refractivity contribution in [3.63, 3.8) is 0 Å². The molecule has 0 aliphatic rings. The average molecular weight is 232 g/mol. The van der Waals surface area contributed by atoms with E-state index in [-0.39, 0.29) is 0 Å². The van der Waals surface area contributed by atoms with Crippen molar-refractivity contribution in [3.05, 3.63) is 34.3 Å². The molecule has 2 N–H and O–H groups in total. The molecule has 1 rings (SSSR count). The van der Waals surface area contributed by atoms with Crippen LogP contribution in [0.25, 0.3) is 0 Å². The second-order valence-electron chi connectivity index (χ2n) is 2.60. The summed E-state index contributed by atoms with van der Waals surface area (Å²) in [4.78, 5) is 0. The Hall–Kier alpha value is -0.410. The first-order valence-corrected chi connectivity index (χ1v) is 4.63. The molecule has 0 aliphatic carbocycles. The molecule has 1 unspecified atom stereocenters. The van der Waals surface area contributed by atoms with Crippen molar-refractivity contribution >= 4 is 15.9 Å². The zero-order valence-electron chi connectivity index (χ0n) is 6.63. The van der Waals surface area contributed by atoms with E-state index in [1.165, 1.54) is 0 Å². The minimum absolute atomic E-state index is 0.383. The van der Waals surface area contributed by atoms with E-state index < -0.39 is 6.17 Å². The summed E-state index contributed by atoms with van der Waals surface area (Å²) in [6.45, 7) is 0.383. The van der Waals surface area contributed by atoms with E-state index in [1.54, 1.807) is 12.1 Å². The molecule has 1 atom stereocenters. The Bertz CT molecular complexity index is 252. The summed E-state index contributed by atoms with van der Waals surface area (Å²) >= 11 is 3.28. The molecule has 0 amide bonds. The van der Waals surface area contributed by atoms with Crippen LogP contribution in [0.2, 0.25) is 0 Å².